The standard InChI is InChI=1S/C29H35F3N6O3S/c1-16-13-34-25(42-16)20-10-18(23(12-33)28(3,4)22-5-7-38(8-6-22)27(40)41)9-19(11-20)24(39)37-17(2)21-14-35-26(36-15-21)29(30,31)32/h9-11,13-15,17,22-23H,5-8,12,33H2,1-4H3,(H,37,39)(H,40,41)/t17-,23+/m1/s1. The van der Waals surface area contributed by atoms with Gasteiger partial charge in [0, 0.05) is 59.2 Å². The lowest BCUT2D eigenvalue weighted by molar-refractivity contribution is -0.145. The Kier molecular flexibility index (Phi) is 9.21. The second-order valence-corrected chi connectivity index (χ2v) is 12.5. The molecule has 3 aromatic rings. The van der Waals surface area contributed by atoms with Gasteiger partial charge in [-0.05, 0) is 68.3 Å². The molecule has 9 nitrogen and oxygen atoms in total. The number of nitrogens with two attached hydrogens (primary N) is 1. The van der Waals surface area contributed by atoms with Crippen LogP contribution in [0.15, 0.2) is 36.8 Å². The number of hydrogen-bond acceptors (Lipinski definition) is 7. The molecule has 1 aliphatic rings. The molecule has 0 aliphatic carbocycles. The van der Waals surface area contributed by atoms with E-state index in [1.807, 2.05) is 13.0 Å². The highest BCUT2D eigenvalue weighted by molar-refractivity contribution is 7.14. The van der Waals surface area contributed by atoms with Gasteiger partial charge in [-0.1, -0.05) is 13.8 Å². The lowest BCUT2D eigenvalue weighted by Gasteiger charge is -2.44. The summed E-state index contributed by atoms with van der Waals surface area (Å²) in [6.45, 7) is 9.09. The van der Waals surface area contributed by atoms with Gasteiger partial charge in [-0.25, -0.2) is 19.7 Å². The zero-order valence-electron chi connectivity index (χ0n) is 23.9. The first-order valence-electron chi connectivity index (χ1n) is 13.7. The Labute approximate surface area is 246 Å². The van der Waals surface area contributed by atoms with Crippen LogP contribution in [-0.4, -0.2) is 56.6 Å². The number of thiazole rings is 1. The first kappa shape index (κ1) is 31.4. The molecule has 1 fully saturated rings. The van der Waals surface area contributed by atoms with E-state index >= 15 is 0 Å². The van der Waals surface area contributed by atoms with Gasteiger partial charge >= 0.3 is 12.3 Å². The van der Waals surface area contributed by atoms with Crippen LogP contribution in [0.25, 0.3) is 10.6 Å². The molecule has 42 heavy (non-hydrogen) atoms. The number of likely N-dealkylation sites (tertiary alicyclic amines) is 1. The zero-order valence-corrected chi connectivity index (χ0v) is 24.7. The van der Waals surface area contributed by atoms with Crippen LogP contribution in [0.4, 0.5) is 18.0 Å². The molecule has 0 unspecified atom stereocenters. The smallest absolute Gasteiger partial charge is 0.451 e. The number of alkyl halides is 3. The van der Waals surface area contributed by atoms with Crippen molar-refractivity contribution in [3.63, 3.8) is 0 Å². The van der Waals surface area contributed by atoms with E-state index in [0.29, 0.717) is 43.6 Å². The molecule has 0 saturated carbocycles. The number of rotatable bonds is 8. The second-order valence-electron chi connectivity index (χ2n) is 11.3. The normalized spacial score (nSPS) is 16.2. The van der Waals surface area contributed by atoms with Crippen molar-refractivity contribution in [1.29, 1.82) is 0 Å². The van der Waals surface area contributed by atoms with Crippen LogP contribution in [0.2, 0.25) is 0 Å². The molecule has 2 aromatic heterocycles. The van der Waals surface area contributed by atoms with E-state index in [0.717, 1.165) is 33.4 Å². The quantitative estimate of drug-likeness (QED) is 0.292. The van der Waals surface area contributed by atoms with Crippen molar-refractivity contribution >= 4 is 23.3 Å². The predicted octanol–water partition coefficient (Wildman–Crippen LogP) is 5.88. The van der Waals surface area contributed by atoms with Gasteiger partial charge < -0.3 is 21.1 Å². The van der Waals surface area contributed by atoms with Crippen molar-refractivity contribution in [3.8, 4) is 10.6 Å². The Morgan fingerprint density at radius 2 is 1.74 bits per heavy atom. The molecule has 0 radical (unpaired) electrons. The molecule has 2 atom stereocenters. The fourth-order valence-electron chi connectivity index (χ4n) is 5.64. The number of halogens is 3. The minimum atomic E-state index is -4.66. The van der Waals surface area contributed by atoms with Crippen molar-refractivity contribution in [2.45, 2.75) is 58.7 Å². The van der Waals surface area contributed by atoms with Gasteiger partial charge in [0.1, 0.15) is 5.01 Å². The molecule has 4 N–H and O–H groups in total. The number of nitrogens with one attached hydrogen (secondary N) is 1. The highest BCUT2D eigenvalue weighted by Gasteiger charge is 2.40. The molecular formula is C29H35F3N6O3S. The molecule has 1 aromatic carbocycles. The molecule has 226 valence electrons. The number of hydrogen-bond donors (Lipinski definition) is 3. The first-order chi connectivity index (χ1) is 19.7. The maximum absolute atomic E-state index is 13.5. The van der Waals surface area contributed by atoms with Crippen LogP contribution in [-0.2, 0) is 6.18 Å². The molecule has 1 aliphatic heterocycles. The molecule has 3 heterocycles. The van der Waals surface area contributed by atoms with Crippen molar-refractivity contribution in [3.05, 3.63) is 64.2 Å². The van der Waals surface area contributed by atoms with E-state index in [4.69, 9.17) is 5.73 Å². The number of amides is 2. The Morgan fingerprint density at radius 1 is 1.10 bits per heavy atom. The average molecular weight is 605 g/mol. The average Bonchev–Trinajstić information content (AvgIpc) is 3.39. The predicted molar refractivity (Wildman–Crippen MR) is 153 cm³/mol. The number of piperidine rings is 1. The molecule has 2 amide bonds. The van der Waals surface area contributed by atoms with E-state index in [1.54, 1.807) is 25.3 Å². The molecule has 4 rings (SSSR count). The van der Waals surface area contributed by atoms with Gasteiger partial charge in [0.2, 0.25) is 5.82 Å². The SMILES string of the molecule is Cc1cnc(-c2cc(C(=O)N[C@H](C)c3cnc(C(F)(F)F)nc3)cc([C@H](CN)C(C)(C)C3CCN(C(=O)O)CC3)c2)s1. The number of aryl methyl sites for hydroxylation is 1. The summed E-state index contributed by atoms with van der Waals surface area (Å²) in [5.41, 5.74) is 8.39. The number of nitrogens with zero attached hydrogens (tertiary/aromatic N) is 4. The third-order valence-corrected chi connectivity index (χ3v) is 9.17. The van der Waals surface area contributed by atoms with Crippen molar-refractivity contribution in [2.24, 2.45) is 17.1 Å². The van der Waals surface area contributed by atoms with E-state index in [1.165, 1.54) is 16.2 Å². The van der Waals surface area contributed by atoms with Crippen LogP contribution in [0.3, 0.4) is 0 Å². The van der Waals surface area contributed by atoms with Crippen molar-refractivity contribution in [1.82, 2.24) is 25.2 Å². The number of carbonyl (C=O) groups is 2. The lowest BCUT2D eigenvalue weighted by atomic mass is 9.64. The summed E-state index contributed by atoms with van der Waals surface area (Å²) in [4.78, 5) is 38.7. The fraction of sp³-hybridized carbons (Fsp3) is 0.483. The highest BCUT2D eigenvalue weighted by atomic mass is 32.1. The molecule has 1 saturated heterocycles. The third-order valence-electron chi connectivity index (χ3n) is 8.21. The monoisotopic (exact) mass is 604 g/mol. The Bertz CT molecular complexity index is 1420. The van der Waals surface area contributed by atoms with Crippen LogP contribution >= 0.6 is 11.3 Å². The summed E-state index contributed by atoms with van der Waals surface area (Å²) in [5.74, 6) is -1.59. The van der Waals surface area contributed by atoms with Crippen LogP contribution in [0, 0.1) is 18.3 Å². The van der Waals surface area contributed by atoms with Crippen molar-refractivity contribution < 1.29 is 27.9 Å². The summed E-state index contributed by atoms with van der Waals surface area (Å²) >= 11 is 1.50. The Morgan fingerprint density at radius 3 is 2.26 bits per heavy atom. The van der Waals surface area contributed by atoms with Crippen molar-refractivity contribution in [2.75, 3.05) is 19.6 Å². The van der Waals surface area contributed by atoms with Gasteiger partial charge in [0.15, 0.2) is 0 Å². The topological polar surface area (TPSA) is 134 Å². The number of aromatic nitrogens is 3. The largest absolute Gasteiger partial charge is 0.465 e. The maximum Gasteiger partial charge on any atom is 0.451 e. The lowest BCUT2D eigenvalue weighted by Crippen LogP contribution is -2.44. The van der Waals surface area contributed by atoms with Crippen LogP contribution < -0.4 is 11.1 Å². The van der Waals surface area contributed by atoms with Gasteiger partial charge in [0.05, 0.1) is 6.04 Å². The molecule has 13 heteroatoms. The fourth-order valence-corrected chi connectivity index (χ4v) is 6.39. The summed E-state index contributed by atoms with van der Waals surface area (Å²) in [6, 6.07) is 4.91. The first-order valence-corrected chi connectivity index (χ1v) is 14.5. The van der Waals surface area contributed by atoms with E-state index in [9.17, 15) is 27.9 Å². The molecule has 0 spiro atoms. The van der Waals surface area contributed by atoms with Gasteiger partial charge in [-0.2, -0.15) is 13.2 Å². The Balaban J connectivity index is 1.64. The van der Waals surface area contributed by atoms with E-state index < -0.39 is 30.0 Å². The Hall–Kier alpha value is -3.58. The molecular weight excluding hydrogens is 569 g/mol. The van der Waals surface area contributed by atoms with Gasteiger partial charge in [0.25, 0.3) is 5.91 Å². The minimum absolute atomic E-state index is 0.146. The van der Waals surface area contributed by atoms with E-state index in [-0.39, 0.29) is 17.3 Å². The van der Waals surface area contributed by atoms with Gasteiger partial charge in [-0.3, -0.25) is 4.79 Å². The second kappa shape index (κ2) is 12.3. The molecule has 0 bridgehead atoms. The number of carbonyl (C=O) groups excluding carboxylic acids is 1. The minimum Gasteiger partial charge on any atom is -0.465 e. The maximum atomic E-state index is 13.5. The number of carboxylic acid groups (broad SMARTS) is 1. The number of benzene rings is 1. The van der Waals surface area contributed by atoms with Crippen LogP contribution in [0.5, 0.6) is 0 Å². The highest BCUT2D eigenvalue weighted by Crippen LogP contribution is 2.46. The van der Waals surface area contributed by atoms with Crippen LogP contribution in [0.1, 0.15) is 77.8 Å². The summed E-state index contributed by atoms with van der Waals surface area (Å²) in [6.07, 6.45) is -0.271. The summed E-state index contributed by atoms with van der Waals surface area (Å²) < 4.78 is 38.6. The van der Waals surface area contributed by atoms with Gasteiger partial charge in [-0.15, -0.1) is 11.3 Å². The third kappa shape index (κ3) is 6.89. The zero-order chi connectivity index (χ0) is 30.8. The van der Waals surface area contributed by atoms with E-state index in [2.05, 4.69) is 34.1 Å². The summed E-state index contributed by atoms with van der Waals surface area (Å²) in [5, 5.41) is 13.0. The summed E-state index contributed by atoms with van der Waals surface area (Å²) in [7, 11) is 0.